The largest absolute Gasteiger partial charge is 0.392 e. The number of aliphatic hydroxyl groups is 1. The third-order valence-corrected chi connectivity index (χ3v) is 2.17. The molecular formula is C10H23NO. The van der Waals surface area contributed by atoms with E-state index in [0.717, 1.165) is 13.0 Å². The Balaban J connectivity index is 3.49. The van der Waals surface area contributed by atoms with Crippen molar-refractivity contribution in [3.8, 4) is 0 Å². The van der Waals surface area contributed by atoms with Crippen molar-refractivity contribution in [3.63, 3.8) is 0 Å². The smallest absolute Gasteiger partial charge is 0.0665 e. The Kier molecular flexibility index (Phi) is 7.51. The normalized spacial score (nSPS) is 16.0. The van der Waals surface area contributed by atoms with Gasteiger partial charge in [-0.1, -0.05) is 33.1 Å². The topological polar surface area (TPSA) is 32.3 Å². The van der Waals surface area contributed by atoms with Crippen LogP contribution in [0.5, 0.6) is 0 Å². The zero-order valence-corrected chi connectivity index (χ0v) is 8.64. The predicted octanol–water partition coefficient (Wildman–Crippen LogP) is 1.93. The molecule has 74 valence electrons. The fourth-order valence-corrected chi connectivity index (χ4v) is 1.39. The van der Waals surface area contributed by atoms with Crippen LogP contribution in [0.25, 0.3) is 0 Å². The molecule has 2 nitrogen and oxygen atoms in total. The molecule has 0 aromatic rings. The lowest BCUT2D eigenvalue weighted by molar-refractivity contribution is 0.139. The van der Waals surface area contributed by atoms with Crippen molar-refractivity contribution in [2.75, 3.05) is 6.54 Å². The minimum absolute atomic E-state index is 0.221. The number of aliphatic hydroxyl groups excluding tert-OH is 1. The molecule has 0 saturated carbocycles. The van der Waals surface area contributed by atoms with Gasteiger partial charge in [-0.05, 0) is 19.9 Å². The van der Waals surface area contributed by atoms with Crippen LogP contribution in [0.4, 0.5) is 0 Å². The second-order valence-electron chi connectivity index (χ2n) is 3.40. The van der Waals surface area contributed by atoms with Crippen molar-refractivity contribution >= 4 is 0 Å². The summed E-state index contributed by atoms with van der Waals surface area (Å²) in [4.78, 5) is 0. The third kappa shape index (κ3) is 5.56. The van der Waals surface area contributed by atoms with Gasteiger partial charge in [-0.15, -0.1) is 0 Å². The average molecular weight is 173 g/mol. The first-order chi connectivity index (χ1) is 5.72. The highest BCUT2D eigenvalue weighted by Gasteiger charge is 2.11. The zero-order chi connectivity index (χ0) is 9.40. The SMILES string of the molecule is CCCCCC(NCC)C(C)O. The fourth-order valence-electron chi connectivity index (χ4n) is 1.39. The molecule has 0 spiro atoms. The van der Waals surface area contributed by atoms with Crippen LogP contribution < -0.4 is 5.32 Å². The van der Waals surface area contributed by atoms with Crippen LogP contribution in [-0.2, 0) is 0 Å². The van der Waals surface area contributed by atoms with Crippen molar-refractivity contribution in [1.29, 1.82) is 0 Å². The third-order valence-electron chi connectivity index (χ3n) is 2.17. The maximum atomic E-state index is 9.38. The Morgan fingerprint density at radius 3 is 2.33 bits per heavy atom. The van der Waals surface area contributed by atoms with Crippen molar-refractivity contribution in [1.82, 2.24) is 5.32 Å². The maximum absolute atomic E-state index is 9.38. The summed E-state index contributed by atoms with van der Waals surface area (Å²) in [5, 5.41) is 12.7. The molecule has 0 aromatic carbocycles. The van der Waals surface area contributed by atoms with E-state index in [4.69, 9.17) is 0 Å². The van der Waals surface area contributed by atoms with Gasteiger partial charge in [0, 0.05) is 6.04 Å². The monoisotopic (exact) mass is 173 g/mol. The summed E-state index contributed by atoms with van der Waals surface area (Å²) in [5.74, 6) is 0. The van der Waals surface area contributed by atoms with E-state index >= 15 is 0 Å². The van der Waals surface area contributed by atoms with Crippen LogP contribution in [0.3, 0.4) is 0 Å². The van der Waals surface area contributed by atoms with E-state index in [-0.39, 0.29) is 6.10 Å². The standard InChI is InChI=1S/C10H23NO/c1-4-6-7-8-10(9(3)12)11-5-2/h9-12H,4-8H2,1-3H3. The van der Waals surface area contributed by atoms with Crippen molar-refractivity contribution < 1.29 is 5.11 Å². The Hall–Kier alpha value is -0.0800. The van der Waals surface area contributed by atoms with Gasteiger partial charge >= 0.3 is 0 Å². The predicted molar refractivity (Wildman–Crippen MR) is 53.3 cm³/mol. The maximum Gasteiger partial charge on any atom is 0.0665 e. The molecule has 0 heterocycles. The first-order valence-corrected chi connectivity index (χ1v) is 5.13. The van der Waals surface area contributed by atoms with Crippen molar-refractivity contribution in [2.24, 2.45) is 0 Å². The van der Waals surface area contributed by atoms with E-state index in [0.29, 0.717) is 6.04 Å². The van der Waals surface area contributed by atoms with Gasteiger partial charge < -0.3 is 10.4 Å². The highest BCUT2D eigenvalue weighted by Crippen LogP contribution is 2.06. The minimum Gasteiger partial charge on any atom is -0.392 e. The second kappa shape index (κ2) is 7.56. The number of unbranched alkanes of at least 4 members (excludes halogenated alkanes) is 2. The lowest BCUT2D eigenvalue weighted by Gasteiger charge is -2.20. The summed E-state index contributed by atoms with van der Waals surface area (Å²) < 4.78 is 0. The lowest BCUT2D eigenvalue weighted by Crippen LogP contribution is -2.38. The first-order valence-electron chi connectivity index (χ1n) is 5.13. The second-order valence-corrected chi connectivity index (χ2v) is 3.40. The Labute approximate surface area is 76.4 Å². The van der Waals surface area contributed by atoms with Crippen LogP contribution in [0, 0.1) is 0 Å². The Morgan fingerprint density at radius 1 is 1.25 bits per heavy atom. The molecule has 2 unspecified atom stereocenters. The van der Waals surface area contributed by atoms with E-state index < -0.39 is 0 Å². The van der Waals surface area contributed by atoms with Gasteiger partial charge in [0.05, 0.1) is 6.10 Å². The summed E-state index contributed by atoms with van der Waals surface area (Å²) in [5.41, 5.74) is 0. The first kappa shape index (κ1) is 11.9. The van der Waals surface area contributed by atoms with E-state index in [1.165, 1.54) is 19.3 Å². The molecule has 0 amide bonds. The summed E-state index contributed by atoms with van der Waals surface area (Å²) in [6.45, 7) is 7.08. The van der Waals surface area contributed by atoms with E-state index in [1.54, 1.807) is 0 Å². The molecule has 2 N–H and O–H groups in total. The summed E-state index contributed by atoms with van der Waals surface area (Å²) in [7, 11) is 0. The van der Waals surface area contributed by atoms with Crippen LogP contribution in [-0.4, -0.2) is 23.8 Å². The molecule has 0 aliphatic carbocycles. The zero-order valence-electron chi connectivity index (χ0n) is 8.64. The number of hydrogen-bond acceptors (Lipinski definition) is 2. The van der Waals surface area contributed by atoms with Crippen LogP contribution >= 0.6 is 0 Å². The highest BCUT2D eigenvalue weighted by atomic mass is 16.3. The molecule has 0 radical (unpaired) electrons. The van der Waals surface area contributed by atoms with Gasteiger partial charge in [-0.2, -0.15) is 0 Å². The van der Waals surface area contributed by atoms with Gasteiger partial charge in [-0.3, -0.25) is 0 Å². The summed E-state index contributed by atoms with van der Waals surface area (Å²) in [6.07, 6.45) is 4.62. The van der Waals surface area contributed by atoms with Gasteiger partial charge in [0.25, 0.3) is 0 Å². The molecule has 0 bridgehead atoms. The van der Waals surface area contributed by atoms with Crippen LogP contribution in [0.2, 0.25) is 0 Å². The molecular weight excluding hydrogens is 150 g/mol. The fraction of sp³-hybridized carbons (Fsp3) is 1.00. The van der Waals surface area contributed by atoms with Gasteiger partial charge in [0.2, 0.25) is 0 Å². The highest BCUT2D eigenvalue weighted by molar-refractivity contribution is 4.71. The van der Waals surface area contributed by atoms with Gasteiger partial charge in [0.15, 0.2) is 0 Å². The molecule has 0 aliphatic heterocycles. The molecule has 0 fully saturated rings. The molecule has 0 aliphatic rings. The molecule has 0 saturated heterocycles. The molecule has 2 heteroatoms. The lowest BCUT2D eigenvalue weighted by atomic mass is 10.0. The summed E-state index contributed by atoms with van der Waals surface area (Å²) in [6, 6.07) is 0.293. The van der Waals surface area contributed by atoms with E-state index in [2.05, 4.69) is 19.2 Å². The molecule has 12 heavy (non-hydrogen) atoms. The van der Waals surface area contributed by atoms with E-state index in [1.807, 2.05) is 6.92 Å². The van der Waals surface area contributed by atoms with Crippen LogP contribution in [0.1, 0.15) is 46.5 Å². The quantitative estimate of drug-likeness (QED) is 0.577. The molecule has 0 rings (SSSR count). The van der Waals surface area contributed by atoms with Crippen molar-refractivity contribution in [2.45, 2.75) is 58.6 Å². The minimum atomic E-state index is -0.221. The molecule has 0 aromatic heterocycles. The number of hydrogen-bond donors (Lipinski definition) is 2. The number of nitrogens with one attached hydrogen (secondary N) is 1. The average Bonchev–Trinajstić information content (AvgIpc) is 2.03. The summed E-state index contributed by atoms with van der Waals surface area (Å²) >= 11 is 0. The van der Waals surface area contributed by atoms with Crippen LogP contribution in [0.15, 0.2) is 0 Å². The Bertz CT molecular complexity index is 93.8. The van der Waals surface area contributed by atoms with Gasteiger partial charge in [0.1, 0.15) is 0 Å². The number of likely N-dealkylation sites (N-methyl/N-ethyl adjacent to an activating group) is 1. The van der Waals surface area contributed by atoms with Gasteiger partial charge in [-0.25, -0.2) is 0 Å². The van der Waals surface area contributed by atoms with E-state index in [9.17, 15) is 5.11 Å². The molecule has 2 atom stereocenters. The Morgan fingerprint density at radius 2 is 1.92 bits per heavy atom. The number of rotatable bonds is 7. The van der Waals surface area contributed by atoms with Crippen molar-refractivity contribution in [3.05, 3.63) is 0 Å².